The van der Waals surface area contributed by atoms with Gasteiger partial charge in [-0.1, -0.05) is 0 Å². The molecule has 0 rings (SSSR count). The summed E-state index contributed by atoms with van der Waals surface area (Å²) in [4.78, 5) is 10.9. The summed E-state index contributed by atoms with van der Waals surface area (Å²) in [6.45, 7) is -0.143. The van der Waals surface area contributed by atoms with Gasteiger partial charge < -0.3 is 15.5 Å². The average molecular weight is 209 g/mol. The van der Waals surface area contributed by atoms with Crippen LogP contribution in [0, 0.1) is 0 Å². The minimum Gasteiger partial charge on any atom is -0.396 e. The van der Waals surface area contributed by atoms with E-state index in [2.05, 4.69) is 23.4 Å². The Morgan fingerprint density at radius 2 is 2.23 bits per heavy atom. The van der Waals surface area contributed by atoms with Crippen LogP contribution in [0.2, 0.25) is 0 Å². The number of nitrogens with one attached hydrogen (secondary N) is 2. The Morgan fingerprint density at radius 1 is 1.62 bits per heavy atom. The molecule has 6 nitrogen and oxygen atoms in total. The molecule has 0 aromatic heterocycles. The van der Waals surface area contributed by atoms with Crippen LogP contribution in [0.1, 0.15) is 6.42 Å². The topological polar surface area (TPSA) is 108 Å². The summed E-state index contributed by atoms with van der Waals surface area (Å²) in [5, 5.41) is 20.3. The molecule has 0 aromatic carbocycles. The highest BCUT2D eigenvalue weighted by Gasteiger charge is 2.18. The van der Waals surface area contributed by atoms with Gasteiger partial charge in [0.25, 0.3) is 0 Å². The zero-order valence-corrected chi connectivity index (χ0v) is 8.00. The van der Waals surface area contributed by atoms with E-state index in [1.807, 2.05) is 0 Å². The van der Waals surface area contributed by atoms with Crippen LogP contribution in [-0.2, 0) is 4.79 Å². The Balaban J connectivity index is 4.00. The Bertz CT molecular complexity index is 158. The van der Waals surface area contributed by atoms with Gasteiger partial charge in [0.1, 0.15) is 6.23 Å². The summed E-state index contributed by atoms with van der Waals surface area (Å²) in [7, 11) is 0. The maximum absolute atomic E-state index is 10.9. The summed E-state index contributed by atoms with van der Waals surface area (Å²) in [6.07, 6.45) is -0.846. The van der Waals surface area contributed by atoms with Crippen LogP contribution < -0.4 is 16.6 Å². The first kappa shape index (κ1) is 12.7. The number of hydrazine groups is 1. The van der Waals surface area contributed by atoms with Crippen LogP contribution in [0.4, 0.5) is 0 Å². The first-order chi connectivity index (χ1) is 6.15. The Morgan fingerprint density at radius 3 is 2.62 bits per heavy atom. The lowest BCUT2D eigenvalue weighted by atomic mass is 10.2. The Hall–Kier alpha value is -0.340. The Kier molecular flexibility index (Phi) is 6.92. The average Bonchev–Trinajstić information content (AvgIpc) is 2.15. The number of nitrogens with two attached hydrogens (primary N) is 1. The molecule has 0 aromatic rings. The molecule has 0 aliphatic heterocycles. The number of rotatable bonds is 6. The molecule has 0 radical (unpaired) electrons. The van der Waals surface area contributed by atoms with E-state index in [9.17, 15) is 9.90 Å². The summed E-state index contributed by atoms with van der Waals surface area (Å²) >= 11 is 3.75. The van der Waals surface area contributed by atoms with Gasteiger partial charge in [0.2, 0.25) is 5.91 Å². The number of amides is 1. The number of carbonyl (C=O) groups excluding carboxylic acids is 1. The second-order valence-electron chi connectivity index (χ2n) is 2.46. The van der Waals surface area contributed by atoms with Crippen LogP contribution in [0.5, 0.6) is 0 Å². The predicted molar refractivity (Wildman–Crippen MR) is 50.8 cm³/mol. The molecule has 0 aliphatic carbocycles. The second-order valence-corrected chi connectivity index (χ2v) is 2.77. The largest absolute Gasteiger partial charge is 0.396 e. The van der Waals surface area contributed by atoms with E-state index >= 15 is 0 Å². The van der Waals surface area contributed by atoms with Crippen molar-refractivity contribution in [3.05, 3.63) is 0 Å². The lowest BCUT2D eigenvalue weighted by Crippen LogP contribution is -2.52. The van der Waals surface area contributed by atoms with Crippen molar-refractivity contribution >= 4 is 18.5 Å². The Labute approximate surface area is 81.9 Å². The lowest BCUT2D eigenvalue weighted by molar-refractivity contribution is -0.120. The number of thiol groups is 1. The SMILES string of the molecule is NNC(O)C(CCO)NC(=O)CS. The first-order valence-electron chi connectivity index (χ1n) is 3.81. The van der Waals surface area contributed by atoms with E-state index in [1.165, 1.54) is 0 Å². The van der Waals surface area contributed by atoms with Gasteiger partial charge in [-0.15, -0.1) is 0 Å². The molecule has 78 valence electrons. The molecule has 2 atom stereocenters. The maximum Gasteiger partial charge on any atom is 0.230 e. The van der Waals surface area contributed by atoms with Crippen LogP contribution >= 0.6 is 12.6 Å². The number of hydrogen-bond acceptors (Lipinski definition) is 6. The monoisotopic (exact) mass is 209 g/mol. The van der Waals surface area contributed by atoms with Crippen LogP contribution in [-0.4, -0.2) is 40.7 Å². The molecular formula is C6H15N3O3S. The maximum atomic E-state index is 10.9. The van der Waals surface area contributed by atoms with Crippen molar-refractivity contribution in [1.29, 1.82) is 0 Å². The molecule has 0 saturated heterocycles. The highest BCUT2D eigenvalue weighted by molar-refractivity contribution is 7.81. The molecule has 13 heavy (non-hydrogen) atoms. The van der Waals surface area contributed by atoms with Gasteiger partial charge >= 0.3 is 0 Å². The number of aliphatic hydroxyl groups is 2. The number of hydrogen-bond donors (Lipinski definition) is 6. The van der Waals surface area contributed by atoms with Crippen molar-refractivity contribution < 1.29 is 15.0 Å². The molecule has 0 aliphatic rings. The summed E-state index contributed by atoms with van der Waals surface area (Å²) in [5.74, 6) is 4.67. The molecule has 2 unspecified atom stereocenters. The summed E-state index contributed by atoms with van der Waals surface area (Å²) < 4.78 is 0. The molecule has 7 heteroatoms. The van der Waals surface area contributed by atoms with E-state index < -0.39 is 12.3 Å². The third kappa shape index (κ3) is 5.06. The van der Waals surface area contributed by atoms with E-state index in [-0.39, 0.29) is 24.7 Å². The normalized spacial score (nSPS) is 15.1. The van der Waals surface area contributed by atoms with Crippen molar-refractivity contribution in [1.82, 2.24) is 10.7 Å². The molecule has 0 spiro atoms. The molecule has 0 bridgehead atoms. The third-order valence-electron chi connectivity index (χ3n) is 1.48. The van der Waals surface area contributed by atoms with Gasteiger partial charge in [0.05, 0.1) is 11.8 Å². The molecule has 0 heterocycles. The van der Waals surface area contributed by atoms with Gasteiger partial charge in [-0.2, -0.15) is 12.6 Å². The fourth-order valence-electron chi connectivity index (χ4n) is 0.817. The van der Waals surface area contributed by atoms with Crippen LogP contribution in [0.15, 0.2) is 0 Å². The van der Waals surface area contributed by atoms with Crippen LogP contribution in [0.25, 0.3) is 0 Å². The molecule has 6 N–H and O–H groups in total. The van der Waals surface area contributed by atoms with Gasteiger partial charge in [0.15, 0.2) is 0 Å². The van der Waals surface area contributed by atoms with Crippen molar-refractivity contribution in [2.75, 3.05) is 12.4 Å². The van der Waals surface area contributed by atoms with Crippen LogP contribution in [0.3, 0.4) is 0 Å². The highest BCUT2D eigenvalue weighted by Crippen LogP contribution is 1.95. The fourth-order valence-corrected chi connectivity index (χ4v) is 0.908. The van der Waals surface area contributed by atoms with E-state index in [4.69, 9.17) is 10.9 Å². The lowest BCUT2D eigenvalue weighted by Gasteiger charge is -2.22. The minimum atomic E-state index is -1.07. The van der Waals surface area contributed by atoms with E-state index in [0.717, 1.165) is 0 Å². The van der Waals surface area contributed by atoms with E-state index in [0.29, 0.717) is 0 Å². The van der Waals surface area contributed by atoms with Crippen molar-refractivity contribution in [2.24, 2.45) is 5.84 Å². The van der Waals surface area contributed by atoms with Gasteiger partial charge in [-0.05, 0) is 6.42 Å². The zero-order chi connectivity index (χ0) is 10.3. The smallest absolute Gasteiger partial charge is 0.230 e. The van der Waals surface area contributed by atoms with E-state index in [1.54, 1.807) is 0 Å². The second kappa shape index (κ2) is 7.10. The fraction of sp³-hybridized carbons (Fsp3) is 0.833. The van der Waals surface area contributed by atoms with Crippen molar-refractivity contribution in [2.45, 2.75) is 18.7 Å². The molecule has 0 fully saturated rings. The minimum absolute atomic E-state index is 0.0270. The third-order valence-corrected chi connectivity index (χ3v) is 1.77. The standard InChI is InChI=1S/C6H15N3O3S/c7-9-6(12)4(1-2-10)8-5(11)3-13/h4,6,9-10,12-13H,1-3,7H2,(H,8,11). The van der Waals surface area contributed by atoms with Gasteiger partial charge in [-0.3, -0.25) is 10.6 Å². The molecule has 0 saturated carbocycles. The predicted octanol–water partition coefficient (Wildman–Crippen LogP) is -2.43. The van der Waals surface area contributed by atoms with Gasteiger partial charge in [-0.25, -0.2) is 5.43 Å². The van der Waals surface area contributed by atoms with Crippen molar-refractivity contribution in [3.8, 4) is 0 Å². The highest BCUT2D eigenvalue weighted by atomic mass is 32.1. The summed E-state index contributed by atoms with van der Waals surface area (Å²) in [5.41, 5.74) is 2.08. The number of carbonyl (C=O) groups is 1. The number of aliphatic hydroxyl groups excluding tert-OH is 2. The molecular weight excluding hydrogens is 194 g/mol. The summed E-state index contributed by atoms with van der Waals surface area (Å²) in [6, 6.07) is -0.602. The van der Waals surface area contributed by atoms with Crippen molar-refractivity contribution in [3.63, 3.8) is 0 Å². The quantitative estimate of drug-likeness (QED) is 0.126. The first-order valence-corrected chi connectivity index (χ1v) is 4.44. The zero-order valence-electron chi connectivity index (χ0n) is 7.10. The molecule has 1 amide bonds. The van der Waals surface area contributed by atoms with Gasteiger partial charge in [0, 0.05) is 6.61 Å².